The first-order valence-corrected chi connectivity index (χ1v) is 6.19. The van der Waals surface area contributed by atoms with Gasteiger partial charge in [-0.25, -0.2) is 4.39 Å². The summed E-state index contributed by atoms with van der Waals surface area (Å²) >= 11 is 9.03. The van der Waals surface area contributed by atoms with Crippen LogP contribution in [0.1, 0.15) is 5.56 Å². The predicted octanol–water partition coefficient (Wildman–Crippen LogP) is 4.86. The van der Waals surface area contributed by atoms with E-state index in [1.165, 1.54) is 12.1 Å². The van der Waals surface area contributed by atoms with Crippen molar-refractivity contribution in [1.82, 2.24) is 0 Å². The van der Waals surface area contributed by atoms with Gasteiger partial charge in [0.2, 0.25) is 0 Å². The lowest BCUT2D eigenvalue weighted by Gasteiger charge is -2.09. The SMILES string of the molecule is N#Cc1ccc(Br)cc1Nc1ccc(F)c(Cl)c1. The van der Waals surface area contributed by atoms with Gasteiger partial charge in [0.1, 0.15) is 11.9 Å². The highest BCUT2D eigenvalue weighted by Crippen LogP contribution is 2.26. The number of hydrogen-bond acceptors (Lipinski definition) is 2. The minimum atomic E-state index is -0.475. The Hall–Kier alpha value is -1.57. The van der Waals surface area contributed by atoms with E-state index < -0.39 is 5.82 Å². The van der Waals surface area contributed by atoms with Gasteiger partial charge in [-0.05, 0) is 36.4 Å². The van der Waals surface area contributed by atoms with Crippen LogP contribution in [0.4, 0.5) is 15.8 Å². The van der Waals surface area contributed by atoms with Crippen molar-refractivity contribution in [2.45, 2.75) is 0 Å². The predicted molar refractivity (Wildman–Crippen MR) is 73.5 cm³/mol. The number of nitrogens with one attached hydrogen (secondary N) is 1. The molecule has 0 spiro atoms. The largest absolute Gasteiger partial charge is 0.354 e. The van der Waals surface area contributed by atoms with Gasteiger partial charge in [0.15, 0.2) is 0 Å². The van der Waals surface area contributed by atoms with Crippen LogP contribution >= 0.6 is 27.5 Å². The maximum absolute atomic E-state index is 13.0. The van der Waals surface area contributed by atoms with Gasteiger partial charge in [-0.3, -0.25) is 0 Å². The Balaban J connectivity index is 2.36. The van der Waals surface area contributed by atoms with Crippen molar-refractivity contribution in [3.8, 4) is 6.07 Å². The zero-order chi connectivity index (χ0) is 13.1. The number of rotatable bonds is 2. The Morgan fingerprint density at radius 2 is 2.00 bits per heavy atom. The van der Waals surface area contributed by atoms with Gasteiger partial charge in [-0.2, -0.15) is 5.26 Å². The minimum Gasteiger partial charge on any atom is -0.354 e. The first-order valence-electron chi connectivity index (χ1n) is 5.02. The molecule has 0 radical (unpaired) electrons. The molecule has 5 heteroatoms. The summed E-state index contributed by atoms with van der Waals surface area (Å²) in [7, 11) is 0. The summed E-state index contributed by atoms with van der Waals surface area (Å²) in [5.41, 5.74) is 1.75. The van der Waals surface area contributed by atoms with Crippen molar-refractivity contribution in [1.29, 1.82) is 5.26 Å². The summed E-state index contributed by atoms with van der Waals surface area (Å²) in [6.07, 6.45) is 0. The number of nitrogens with zero attached hydrogens (tertiary/aromatic N) is 1. The standard InChI is InChI=1S/C13H7BrClFN2/c14-9-2-1-8(7-17)13(5-9)18-10-3-4-12(16)11(15)6-10/h1-6,18H. The van der Waals surface area contributed by atoms with Crippen LogP contribution in [0.2, 0.25) is 5.02 Å². The lowest BCUT2D eigenvalue weighted by atomic mass is 10.2. The number of benzene rings is 2. The Bertz CT molecular complexity index is 637. The zero-order valence-corrected chi connectivity index (χ0v) is 11.4. The Kier molecular flexibility index (Phi) is 3.85. The van der Waals surface area contributed by atoms with Crippen LogP contribution in [-0.2, 0) is 0 Å². The van der Waals surface area contributed by atoms with Gasteiger partial charge in [0.25, 0.3) is 0 Å². The number of anilines is 2. The van der Waals surface area contributed by atoms with E-state index in [9.17, 15) is 4.39 Å². The molecule has 2 aromatic rings. The Morgan fingerprint density at radius 1 is 1.22 bits per heavy atom. The maximum Gasteiger partial charge on any atom is 0.141 e. The molecule has 1 N–H and O–H groups in total. The molecule has 2 aromatic carbocycles. The molecule has 0 aliphatic rings. The quantitative estimate of drug-likeness (QED) is 0.856. The summed E-state index contributed by atoms with van der Waals surface area (Å²) in [5, 5.41) is 12.1. The van der Waals surface area contributed by atoms with E-state index in [2.05, 4.69) is 27.3 Å². The number of nitriles is 1. The van der Waals surface area contributed by atoms with Crippen LogP contribution in [0.15, 0.2) is 40.9 Å². The average Bonchev–Trinajstić information content (AvgIpc) is 2.34. The molecule has 0 fully saturated rings. The van der Waals surface area contributed by atoms with Crippen LogP contribution in [-0.4, -0.2) is 0 Å². The minimum absolute atomic E-state index is 0.0357. The highest BCUT2D eigenvalue weighted by molar-refractivity contribution is 9.10. The highest BCUT2D eigenvalue weighted by Gasteiger charge is 2.05. The third-order valence-corrected chi connectivity index (χ3v) is 3.08. The van der Waals surface area contributed by atoms with Gasteiger partial charge >= 0.3 is 0 Å². The molecule has 0 bridgehead atoms. The molecule has 0 unspecified atom stereocenters. The topological polar surface area (TPSA) is 35.8 Å². The molecule has 2 rings (SSSR count). The molecule has 0 saturated carbocycles. The van der Waals surface area contributed by atoms with E-state index in [0.29, 0.717) is 16.9 Å². The summed E-state index contributed by atoms with van der Waals surface area (Å²) in [5.74, 6) is -0.475. The van der Waals surface area contributed by atoms with E-state index in [4.69, 9.17) is 16.9 Å². The van der Waals surface area contributed by atoms with Crippen LogP contribution in [0.3, 0.4) is 0 Å². The van der Waals surface area contributed by atoms with E-state index in [1.807, 2.05) is 0 Å². The molecule has 0 saturated heterocycles. The summed E-state index contributed by atoms with van der Waals surface area (Å²) < 4.78 is 13.9. The van der Waals surface area contributed by atoms with E-state index in [1.54, 1.807) is 24.3 Å². The molecular formula is C13H7BrClFN2. The third kappa shape index (κ3) is 2.81. The van der Waals surface area contributed by atoms with Gasteiger partial charge in [0.05, 0.1) is 16.3 Å². The monoisotopic (exact) mass is 324 g/mol. The second kappa shape index (κ2) is 5.38. The maximum atomic E-state index is 13.0. The fourth-order valence-corrected chi connectivity index (χ4v) is 1.99. The van der Waals surface area contributed by atoms with Crippen molar-refractivity contribution in [3.63, 3.8) is 0 Å². The fraction of sp³-hybridized carbons (Fsp3) is 0. The summed E-state index contributed by atoms with van der Waals surface area (Å²) in [6, 6.07) is 11.6. The lowest BCUT2D eigenvalue weighted by molar-refractivity contribution is 0.628. The van der Waals surface area contributed by atoms with Gasteiger partial charge in [-0.1, -0.05) is 27.5 Å². The second-order valence-electron chi connectivity index (χ2n) is 3.56. The normalized spacial score (nSPS) is 9.89. The molecular weight excluding hydrogens is 319 g/mol. The van der Waals surface area contributed by atoms with Gasteiger partial charge < -0.3 is 5.32 Å². The first-order chi connectivity index (χ1) is 8.60. The zero-order valence-electron chi connectivity index (χ0n) is 9.05. The first kappa shape index (κ1) is 12.9. The molecule has 18 heavy (non-hydrogen) atoms. The van der Waals surface area contributed by atoms with Gasteiger partial charge in [0, 0.05) is 10.2 Å². The van der Waals surface area contributed by atoms with Crippen LogP contribution in [0, 0.1) is 17.1 Å². The molecule has 0 aliphatic carbocycles. The fourth-order valence-electron chi connectivity index (χ4n) is 1.45. The molecule has 0 amide bonds. The van der Waals surface area contributed by atoms with Gasteiger partial charge in [-0.15, -0.1) is 0 Å². The van der Waals surface area contributed by atoms with Crippen molar-refractivity contribution in [3.05, 3.63) is 57.3 Å². The second-order valence-corrected chi connectivity index (χ2v) is 4.88. The smallest absolute Gasteiger partial charge is 0.141 e. The molecule has 0 atom stereocenters. The number of hydrogen-bond donors (Lipinski definition) is 1. The van der Waals surface area contributed by atoms with E-state index in [0.717, 1.165) is 4.47 Å². The third-order valence-electron chi connectivity index (χ3n) is 2.30. The molecule has 0 heterocycles. The lowest BCUT2D eigenvalue weighted by Crippen LogP contribution is -1.94. The average molecular weight is 326 g/mol. The van der Waals surface area contributed by atoms with Crippen LogP contribution in [0.25, 0.3) is 0 Å². The molecule has 90 valence electrons. The highest BCUT2D eigenvalue weighted by atomic mass is 79.9. The van der Waals surface area contributed by atoms with Crippen molar-refractivity contribution >= 4 is 38.9 Å². The van der Waals surface area contributed by atoms with Crippen molar-refractivity contribution in [2.24, 2.45) is 0 Å². The molecule has 2 nitrogen and oxygen atoms in total. The van der Waals surface area contributed by atoms with E-state index >= 15 is 0 Å². The number of halogens is 3. The summed E-state index contributed by atoms with van der Waals surface area (Å²) in [6.45, 7) is 0. The summed E-state index contributed by atoms with van der Waals surface area (Å²) in [4.78, 5) is 0. The van der Waals surface area contributed by atoms with Crippen LogP contribution in [0.5, 0.6) is 0 Å². The van der Waals surface area contributed by atoms with Crippen molar-refractivity contribution < 1.29 is 4.39 Å². The molecule has 0 aliphatic heterocycles. The molecule has 0 aromatic heterocycles. The Labute approximate surface area is 117 Å². The van der Waals surface area contributed by atoms with Crippen molar-refractivity contribution in [2.75, 3.05) is 5.32 Å². The Morgan fingerprint density at radius 3 is 2.67 bits per heavy atom. The van der Waals surface area contributed by atoms with E-state index in [-0.39, 0.29) is 5.02 Å². The van der Waals surface area contributed by atoms with Crippen LogP contribution < -0.4 is 5.32 Å².